The van der Waals surface area contributed by atoms with Gasteiger partial charge in [-0.1, -0.05) is 118 Å². The second kappa shape index (κ2) is 11.6. The number of amidine groups is 1. The minimum Gasteiger partial charge on any atom is -0.368 e. The average Bonchev–Trinajstić information content (AvgIpc) is 3.42. The number of aromatic nitrogens is 1. The van der Waals surface area contributed by atoms with Crippen molar-refractivity contribution in [1.29, 1.82) is 0 Å². The molecule has 39 heavy (non-hydrogen) atoms. The van der Waals surface area contributed by atoms with Gasteiger partial charge in [0.2, 0.25) is 0 Å². The van der Waals surface area contributed by atoms with Crippen LogP contribution in [0.25, 0.3) is 21.8 Å². The molecule has 0 N–H and O–H groups in total. The molecule has 0 saturated carbocycles. The highest BCUT2D eigenvalue weighted by Gasteiger charge is 2.23. The molecule has 0 atom stereocenters. The van der Waals surface area contributed by atoms with Crippen LogP contribution in [0.1, 0.15) is 11.1 Å². The molecular formula is C33H29BrN4S. The maximum absolute atomic E-state index is 5.39. The molecule has 0 spiro atoms. The van der Waals surface area contributed by atoms with Crippen molar-refractivity contribution < 1.29 is 0 Å². The zero-order valence-corrected chi connectivity index (χ0v) is 24.2. The molecule has 1 aliphatic heterocycles. The van der Waals surface area contributed by atoms with Gasteiger partial charge >= 0.3 is 0 Å². The summed E-state index contributed by atoms with van der Waals surface area (Å²) in [5, 5.41) is 1.91. The Morgan fingerprint density at radius 2 is 1.38 bits per heavy atom. The number of hydrogen-bond donors (Lipinski definition) is 0. The van der Waals surface area contributed by atoms with Gasteiger partial charge in [-0.3, -0.25) is 0 Å². The molecule has 0 radical (unpaired) electrons. The van der Waals surface area contributed by atoms with Crippen molar-refractivity contribution in [2.75, 3.05) is 31.1 Å². The van der Waals surface area contributed by atoms with Gasteiger partial charge in [-0.15, -0.1) is 0 Å². The smallest absolute Gasteiger partial charge is 0.146 e. The number of aliphatic imine (C=N–C) groups is 1. The zero-order chi connectivity index (χ0) is 26.6. The van der Waals surface area contributed by atoms with Gasteiger partial charge in [-0.25, -0.2) is 9.98 Å². The number of hydrogen-bond acceptors (Lipinski definition) is 4. The maximum atomic E-state index is 5.39. The van der Waals surface area contributed by atoms with Crippen molar-refractivity contribution >= 4 is 43.8 Å². The summed E-state index contributed by atoms with van der Waals surface area (Å²) in [5.74, 6) is 0.992. The van der Waals surface area contributed by atoms with Crippen molar-refractivity contribution in [3.05, 3.63) is 125 Å². The summed E-state index contributed by atoms with van der Waals surface area (Å²) in [7, 11) is 0. The molecule has 1 saturated heterocycles. The van der Waals surface area contributed by atoms with Crippen LogP contribution in [0.2, 0.25) is 0 Å². The molecule has 2 heterocycles. The van der Waals surface area contributed by atoms with Crippen molar-refractivity contribution in [3.8, 4) is 21.8 Å². The van der Waals surface area contributed by atoms with Gasteiger partial charge in [0, 0.05) is 53.0 Å². The quantitative estimate of drug-likeness (QED) is 0.151. The maximum Gasteiger partial charge on any atom is 0.146 e. The fraction of sp³-hybridized carbons (Fsp3) is 0.152. The van der Waals surface area contributed by atoms with Crippen LogP contribution in [0.4, 0.5) is 10.7 Å². The lowest BCUT2D eigenvalue weighted by Gasteiger charge is -2.37. The van der Waals surface area contributed by atoms with E-state index in [1.807, 2.05) is 6.07 Å². The topological polar surface area (TPSA) is 31.7 Å². The van der Waals surface area contributed by atoms with E-state index in [0.29, 0.717) is 0 Å². The molecule has 1 fully saturated rings. The molecule has 1 aromatic heterocycles. The summed E-state index contributed by atoms with van der Waals surface area (Å²) in [6.45, 7) is 5.80. The third-order valence-electron chi connectivity index (χ3n) is 6.97. The molecular weight excluding hydrogens is 564 g/mol. The summed E-state index contributed by atoms with van der Waals surface area (Å²) >= 11 is 5.25. The number of rotatable bonds is 5. The summed E-state index contributed by atoms with van der Waals surface area (Å²) < 4.78 is 1.06. The Morgan fingerprint density at radius 3 is 2.05 bits per heavy atom. The second-order valence-corrected chi connectivity index (χ2v) is 11.5. The van der Waals surface area contributed by atoms with E-state index in [1.54, 1.807) is 11.3 Å². The van der Waals surface area contributed by atoms with Crippen molar-refractivity contribution in [2.45, 2.75) is 6.92 Å². The molecule has 4 aromatic carbocycles. The molecule has 4 nitrogen and oxygen atoms in total. The molecule has 1 aliphatic rings. The van der Waals surface area contributed by atoms with Gasteiger partial charge in [-0.2, -0.15) is 0 Å². The summed E-state index contributed by atoms with van der Waals surface area (Å²) in [6.07, 6.45) is 0. The van der Waals surface area contributed by atoms with Crippen LogP contribution in [-0.4, -0.2) is 41.9 Å². The van der Waals surface area contributed by atoms with Crippen LogP contribution in [-0.2, 0) is 0 Å². The molecule has 0 unspecified atom stereocenters. The Kier molecular flexibility index (Phi) is 7.57. The van der Waals surface area contributed by atoms with Crippen LogP contribution in [0, 0.1) is 6.92 Å². The Bertz CT molecular complexity index is 1550. The number of para-hydroxylation sites is 1. The van der Waals surface area contributed by atoms with Crippen LogP contribution >= 0.6 is 27.3 Å². The van der Waals surface area contributed by atoms with Crippen molar-refractivity contribution in [3.63, 3.8) is 0 Å². The number of halogens is 1. The van der Waals surface area contributed by atoms with Gasteiger partial charge < -0.3 is 9.80 Å². The van der Waals surface area contributed by atoms with Crippen LogP contribution in [0.3, 0.4) is 0 Å². The van der Waals surface area contributed by atoms with Gasteiger partial charge in [0.25, 0.3) is 0 Å². The lowest BCUT2D eigenvalue weighted by Crippen LogP contribution is -2.49. The minimum absolute atomic E-state index is 0.897. The first-order chi connectivity index (χ1) is 19.1. The number of piperazine rings is 1. The average molecular weight is 594 g/mol. The highest BCUT2D eigenvalue weighted by molar-refractivity contribution is 9.10. The van der Waals surface area contributed by atoms with E-state index in [0.717, 1.165) is 68.9 Å². The van der Waals surface area contributed by atoms with E-state index in [2.05, 4.69) is 136 Å². The molecule has 5 aromatic rings. The van der Waals surface area contributed by atoms with Crippen LogP contribution in [0.15, 0.2) is 119 Å². The van der Waals surface area contributed by atoms with E-state index in [1.165, 1.54) is 11.3 Å². The summed E-state index contributed by atoms with van der Waals surface area (Å²) in [4.78, 5) is 15.4. The summed E-state index contributed by atoms with van der Waals surface area (Å²) in [6, 6.07) is 38.1. The standard InChI is InChI=1S/C33H29BrN4S/c1-24-12-14-25(15-13-24)30-33(39-32(35-30)27-8-4-2-5-9-27)36-31(26-16-18-28(34)19-17-26)38-22-20-37(21-23-38)29-10-6-3-7-11-29/h2-19H,20-23H2,1H3/b36-31+. The minimum atomic E-state index is 0.897. The largest absolute Gasteiger partial charge is 0.368 e. The monoisotopic (exact) mass is 592 g/mol. The third kappa shape index (κ3) is 5.82. The predicted octanol–water partition coefficient (Wildman–Crippen LogP) is 8.45. The second-order valence-electron chi connectivity index (χ2n) is 9.66. The number of nitrogens with zero attached hydrogens (tertiary/aromatic N) is 4. The third-order valence-corrected chi connectivity index (χ3v) is 8.49. The molecule has 6 rings (SSSR count). The summed E-state index contributed by atoms with van der Waals surface area (Å²) in [5.41, 5.74) is 6.73. The number of thiazole rings is 1. The molecule has 0 amide bonds. The SMILES string of the molecule is Cc1ccc(-c2nc(-c3ccccc3)sc2/N=C(\c2ccc(Br)cc2)N2CCN(c3ccccc3)CC2)cc1. The van der Waals surface area contributed by atoms with E-state index >= 15 is 0 Å². The van der Waals surface area contributed by atoms with Crippen LogP contribution in [0.5, 0.6) is 0 Å². The van der Waals surface area contributed by atoms with Crippen molar-refractivity contribution in [1.82, 2.24) is 9.88 Å². The van der Waals surface area contributed by atoms with Crippen molar-refractivity contribution in [2.24, 2.45) is 4.99 Å². The first-order valence-electron chi connectivity index (χ1n) is 13.2. The predicted molar refractivity (Wildman–Crippen MR) is 168 cm³/mol. The van der Waals surface area contributed by atoms with Gasteiger partial charge in [-0.05, 0) is 31.2 Å². The highest BCUT2D eigenvalue weighted by Crippen LogP contribution is 2.40. The lowest BCUT2D eigenvalue weighted by atomic mass is 10.1. The fourth-order valence-corrected chi connectivity index (χ4v) is 6.05. The number of benzene rings is 4. The Hall–Kier alpha value is -3.74. The van der Waals surface area contributed by atoms with Gasteiger partial charge in [0.1, 0.15) is 21.5 Å². The van der Waals surface area contributed by atoms with E-state index in [-0.39, 0.29) is 0 Å². The van der Waals surface area contributed by atoms with E-state index < -0.39 is 0 Å². The van der Waals surface area contributed by atoms with Gasteiger partial charge in [0.15, 0.2) is 0 Å². The van der Waals surface area contributed by atoms with E-state index in [4.69, 9.17) is 9.98 Å². The van der Waals surface area contributed by atoms with E-state index in [9.17, 15) is 0 Å². The lowest BCUT2D eigenvalue weighted by molar-refractivity contribution is 0.386. The molecule has 0 bridgehead atoms. The Balaban J connectivity index is 1.41. The van der Waals surface area contributed by atoms with Crippen LogP contribution < -0.4 is 4.90 Å². The first kappa shape index (κ1) is 25.5. The molecule has 0 aliphatic carbocycles. The number of aryl methyl sites for hydroxylation is 1. The molecule has 6 heteroatoms. The highest BCUT2D eigenvalue weighted by atomic mass is 79.9. The Morgan fingerprint density at radius 1 is 0.744 bits per heavy atom. The zero-order valence-electron chi connectivity index (χ0n) is 21.8. The number of anilines is 1. The Labute approximate surface area is 242 Å². The van der Waals surface area contributed by atoms with Gasteiger partial charge in [0.05, 0.1) is 0 Å². The first-order valence-corrected chi connectivity index (χ1v) is 14.8. The fourth-order valence-electron chi connectivity index (χ4n) is 4.82. The molecule has 194 valence electrons. The normalized spacial score (nSPS) is 14.1.